The third-order valence-electron chi connectivity index (χ3n) is 2.60. The molecule has 0 saturated carbocycles. The van der Waals surface area contributed by atoms with E-state index in [1.54, 1.807) is 13.0 Å². The molecule has 0 bridgehead atoms. The number of unbranched alkanes of at least 4 members (excludes halogenated alkanes) is 5. The summed E-state index contributed by atoms with van der Waals surface area (Å²) in [5.41, 5.74) is 0.412. The molecule has 0 radical (unpaired) electrons. The van der Waals surface area contributed by atoms with Gasteiger partial charge in [-0.25, -0.2) is 4.79 Å². The molecule has 0 fully saturated rings. The van der Waals surface area contributed by atoms with Crippen molar-refractivity contribution in [3.8, 4) is 0 Å². The number of hydrogen-bond acceptors (Lipinski definition) is 2. The summed E-state index contributed by atoms with van der Waals surface area (Å²) in [6.45, 7) is 5.48. The topological polar surface area (TPSA) is 49.3 Å². The third-order valence-corrected chi connectivity index (χ3v) is 2.60. The van der Waals surface area contributed by atoms with E-state index in [0.29, 0.717) is 12.1 Å². The second-order valence-corrected chi connectivity index (χ2v) is 4.16. The van der Waals surface area contributed by atoms with E-state index in [1.165, 1.54) is 38.5 Å². The molecule has 0 aromatic carbocycles. The molecule has 0 atom stereocenters. The number of rotatable bonds is 10. The number of hydrogen-bond donors (Lipinski definition) is 2. The monoisotopic (exact) mass is 227 g/mol. The molecule has 0 rings (SSSR count). The molecule has 0 aliphatic rings. The van der Waals surface area contributed by atoms with Crippen LogP contribution in [0.2, 0.25) is 0 Å². The summed E-state index contributed by atoms with van der Waals surface area (Å²) >= 11 is 0. The first-order valence-electron chi connectivity index (χ1n) is 6.29. The minimum Gasteiger partial charge on any atom is -0.478 e. The first kappa shape index (κ1) is 15.2. The van der Waals surface area contributed by atoms with Crippen molar-refractivity contribution in [3.05, 3.63) is 11.6 Å². The van der Waals surface area contributed by atoms with Crippen molar-refractivity contribution in [1.82, 2.24) is 5.32 Å². The number of carboxylic acids is 1. The summed E-state index contributed by atoms with van der Waals surface area (Å²) in [5, 5.41) is 11.8. The van der Waals surface area contributed by atoms with Gasteiger partial charge in [0, 0.05) is 12.1 Å². The first-order valence-corrected chi connectivity index (χ1v) is 6.29. The Kier molecular flexibility index (Phi) is 10.1. The van der Waals surface area contributed by atoms with Crippen LogP contribution in [0.3, 0.4) is 0 Å². The van der Waals surface area contributed by atoms with E-state index >= 15 is 0 Å². The van der Waals surface area contributed by atoms with Crippen molar-refractivity contribution >= 4 is 5.97 Å². The van der Waals surface area contributed by atoms with Gasteiger partial charge in [-0.1, -0.05) is 45.1 Å². The molecule has 0 spiro atoms. The van der Waals surface area contributed by atoms with Crippen molar-refractivity contribution < 1.29 is 9.90 Å². The number of carbonyl (C=O) groups is 1. The van der Waals surface area contributed by atoms with Crippen molar-refractivity contribution in [2.24, 2.45) is 0 Å². The van der Waals surface area contributed by atoms with E-state index in [0.717, 1.165) is 6.54 Å². The first-order chi connectivity index (χ1) is 7.68. The molecule has 0 unspecified atom stereocenters. The van der Waals surface area contributed by atoms with Gasteiger partial charge in [0.2, 0.25) is 0 Å². The molecule has 2 N–H and O–H groups in total. The molecule has 0 aromatic heterocycles. The molecule has 94 valence electrons. The average molecular weight is 227 g/mol. The van der Waals surface area contributed by atoms with Crippen LogP contribution in [0.15, 0.2) is 11.6 Å². The SMILES string of the molecule is CCCCCCCCNCC=C(C)C(=O)O. The Balaban J connectivity index is 3.21. The minimum atomic E-state index is -0.832. The van der Waals surface area contributed by atoms with Crippen LogP contribution in [0.5, 0.6) is 0 Å². The van der Waals surface area contributed by atoms with E-state index < -0.39 is 5.97 Å². The lowest BCUT2D eigenvalue weighted by Crippen LogP contribution is -2.16. The zero-order valence-electron chi connectivity index (χ0n) is 10.6. The highest BCUT2D eigenvalue weighted by Crippen LogP contribution is 2.03. The predicted molar refractivity (Wildman–Crippen MR) is 67.6 cm³/mol. The van der Waals surface area contributed by atoms with Crippen LogP contribution in [0.1, 0.15) is 52.4 Å². The van der Waals surface area contributed by atoms with Crippen molar-refractivity contribution in [2.75, 3.05) is 13.1 Å². The molecule has 0 aliphatic heterocycles. The summed E-state index contributed by atoms with van der Waals surface area (Å²) in [6, 6.07) is 0. The van der Waals surface area contributed by atoms with E-state index in [-0.39, 0.29) is 0 Å². The van der Waals surface area contributed by atoms with Gasteiger partial charge in [0.1, 0.15) is 0 Å². The molecular formula is C13H25NO2. The Labute approximate surface area is 98.9 Å². The lowest BCUT2D eigenvalue weighted by Gasteiger charge is -2.02. The highest BCUT2D eigenvalue weighted by Gasteiger charge is 1.97. The van der Waals surface area contributed by atoms with E-state index in [2.05, 4.69) is 12.2 Å². The highest BCUT2D eigenvalue weighted by molar-refractivity contribution is 5.85. The van der Waals surface area contributed by atoms with Gasteiger partial charge in [-0.15, -0.1) is 0 Å². The van der Waals surface area contributed by atoms with Gasteiger partial charge in [0.25, 0.3) is 0 Å². The van der Waals surface area contributed by atoms with Gasteiger partial charge < -0.3 is 10.4 Å². The van der Waals surface area contributed by atoms with Crippen LogP contribution < -0.4 is 5.32 Å². The van der Waals surface area contributed by atoms with Gasteiger partial charge in [0.15, 0.2) is 0 Å². The largest absolute Gasteiger partial charge is 0.478 e. The maximum atomic E-state index is 10.5. The maximum absolute atomic E-state index is 10.5. The van der Waals surface area contributed by atoms with Gasteiger partial charge in [-0.3, -0.25) is 0 Å². The number of carboxylic acid groups (broad SMARTS) is 1. The summed E-state index contributed by atoms with van der Waals surface area (Å²) in [7, 11) is 0. The lowest BCUT2D eigenvalue weighted by atomic mass is 10.1. The fourth-order valence-corrected chi connectivity index (χ4v) is 1.44. The van der Waals surface area contributed by atoms with Gasteiger partial charge in [-0.05, 0) is 19.9 Å². The molecular weight excluding hydrogens is 202 g/mol. The average Bonchev–Trinajstić information content (AvgIpc) is 2.26. The van der Waals surface area contributed by atoms with Crippen molar-refractivity contribution in [1.29, 1.82) is 0 Å². The van der Waals surface area contributed by atoms with Crippen LogP contribution in [0.4, 0.5) is 0 Å². The summed E-state index contributed by atoms with van der Waals surface area (Å²) in [6.07, 6.45) is 9.47. The molecule has 3 nitrogen and oxygen atoms in total. The van der Waals surface area contributed by atoms with E-state index in [4.69, 9.17) is 5.11 Å². The smallest absolute Gasteiger partial charge is 0.330 e. The Morgan fingerprint density at radius 1 is 1.19 bits per heavy atom. The van der Waals surface area contributed by atoms with Crippen molar-refractivity contribution in [2.45, 2.75) is 52.4 Å². The van der Waals surface area contributed by atoms with E-state index in [9.17, 15) is 4.79 Å². The molecule has 0 aliphatic carbocycles. The predicted octanol–water partition coefficient (Wildman–Crippen LogP) is 2.97. The van der Waals surface area contributed by atoms with Crippen LogP contribution in [0.25, 0.3) is 0 Å². The van der Waals surface area contributed by atoms with Crippen LogP contribution in [0, 0.1) is 0 Å². The molecule has 16 heavy (non-hydrogen) atoms. The fourth-order valence-electron chi connectivity index (χ4n) is 1.44. The summed E-state index contributed by atoms with van der Waals surface area (Å²) in [4.78, 5) is 10.5. The third kappa shape index (κ3) is 9.71. The summed E-state index contributed by atoms with van der Waals surface area (Å²) in [5.74, 6) is -0.832. The highest BCUT2D eigenvalue weighted by atomic mass is 16.4. The van der Waals surface area contributed by atoms with Crippen LogP contribution in [-0.4, -0.2) is 24.2 Å². The number of aliphatic carboxylic acids is 1. The Morgan fingerprint density at radius 2 is 1.81 bits per heavy atom. The molecule has 0 amide bonds. The fraction of sp³-hybridized carbons (Fsp3) is 0.769. The number of nitrogens with one attached hydrogen (secondary N) is 1. The minimum absolute atomic E-state index is 0.412. The van der Waals surface area contributed by atoms with Gasteiger partial charge >= 0.3 is 5.97 Å². The van der Waals surface area contributed by atoms with E-state index in [1.807, 2.05) is 0 Å². The molecule has 0 heterocycles. The molecule has 3 heteroatoms. The van der Waals surface area contributed by atoms with Crippen molar-refractivity contribution in [3.63, 3.8) is 0 Å². The van der Waals surface area contributed by atoms with Gasteiger partial charge in [0.05, 0.1) is 0 Å². The zero-order valence-corrected chi connectivity index (χ0v) is 10.6. The van der Waals surface area contributed by atoms with Crippen LogP contribution in [-0.2, 0) is 4.79 Å². The lowest BCUT2D eigenvalue weighted by molar-refractivity contribution is -0.132. The molecule has 0 saturated heterocycles. The normalized spacial score (nSPS) is 11.8. The standard InChI is InChI=1S/C13H25NO2/c1-3-4-5-6-7-8-10-14-11-9-12(2)13(15)16/h9,14H,3-8,10-11H2,1-2H3,(H,15,16). The Bertz CT molecular complexity index is 212. The van der Waals surface area contributed by atoms with Gasteiger partial charge in [-0.2, -0.15) is 0 Å². The second-order valence-electron chi connectivity index (χ2n) is 4.16. The zero-order chi connectivity index (χ0) is 12.2. The van der Waals surface area contributed by atoms with Crippen LogP contribution >= 0.6 is 0 Å². The Morgan fingerprint density at radius 3 is 2.44 bits per heavy atom. The quantitative estimate of drug-likeness (QED) is 0.445. The maximum Gasteiger partial charge on any atom is 0.330 e. The molecule has 0 aromatic rings. The summed E-state index contributed by atoms with van der Waals surface area (Å²) < 4.78 is 0. The Hall–Kier alpha value is -0.830. The second kappa shape index (κ2) is 10.7.